The van der Waals surface area contributed by atoms with Crippen LogP contribution in [0.2, 0.25) is 0 Å². The molecule has 2 nitrogen and oxygen atoms in total. The van der Waals surface area contributed by atoms with Crippen molar-refractivity contribution >= 4 is 105 Å². The predicted molar refractivity (Wildman–Crippen MR) is 625 cm³/mol. The standard InChI is InChI=1S/C138H159IN2/c1-9-17-25-45-87-135(88-46-26-18-10-2)126-95-108(77-83-118(126)122-100-132-124(102-130(122)135)120-85-81-116(140(112-53-37-33-38-54-112)113-55-39-34-40-56-113)98-128(120)137(132,91-49-29-21-13-5)92-50-30-22-14-6)72-69-104-61-63-106(64-62-104)71-74-110-76-80-111(134(139)97-110)79-75-107-67-65-105(66-68-107)70-73-109-78-84-119-123-101-133-125(103-131(123)136(127(119)96-109,89-47-27-19-11-3)90-48-28-20-12-4)121-86-82-117(141(114-57-41-35-42-58-114)115-59-43-36-44-60-115)99-129(121)138(133,93-51-31-23-15-7)94-52-32-24-16-8/h33-44,53-86,95-103H,9-32,45-52,87-94H2,1-8H3/b72-69+,73-70+,74-71+,79-75+. The van der Waals surface area contributed by atoms with Crippen molar-refractivity contribution in [2.24, 2.45) is 0 Å². The van der Waals surface area contributed by atoms with Gasteiger partial charge in [-0.1, -0.05) is 491 Å². The zero-order valence-corrected chi connectivity index (χ0v) is 89.0. The van der Waals surface area contributed by atoms with Crippen LogP contribution in [0.4, 0.5) is 34.1 Å². The fraction of sp³-hybridized carbons (Fsp3) is 0.377. The van der Waals surface area contributed by atoms with Gasteiger partial charge in [0.25, 0.3) is 0 Å². The average Bonchev–Trinajstić information content (AvgIpc) is 1.53. The zero-order chi connectivity index (χ0) is 97.2. The van der Waals surface area contributed by atoms with Gasteiger partial charge in [-0.2, -0.15) is 0 Å². The lowest BCUT2D eigenvalue weighted by molar-refractivity contribution is 0.397. The number of hydrogen-bond donors (Lipinski definition) is 0. The fourth-order valence-corrected chi connectivity index (χ4v) is 25.8. The molecule has 0 atom stereocenters. The Morgan fingerprint density at radius 1 is 0.177 bits per heavy atom. The molecule has 0 saturated carbocycles. The van der Waals surface area contributed by atoms with Gasteiger partial charge in [0.1, 0.15) is 0 Å². The van der Waals surface area contributed by atoms with Crippen LogP contribution >= 0.6 is 22.6 Å². The van der Waals surface area contributed by atoms with E-state index >= 15 is 0 Å². The highest BCUT2D eigenvalue weighted by molar-refractivity contribution is 14.1. The van der Waals surface area contributed by atoms with Gasteiger partial charge < -0.3 is 9.80 Å². The molecule has 17 rings (SSSR count). The molecule has 141 heavy (non-hydrogen) atoms. The lowest BCUT2D eigenvalue weighted by atomic mass is 9.68. The second kappa shape index (κ2) is 49.4. The molecule has 0 aromatic heterocycles. The molecule has 0 unspecified atom stereocenters. The maximum absolute atomic E-state index is 2.81. The van der Waals surface area contributed by atoms with Crippen molar-refractivity contribution in [2.45, 2.75) is 334 Å². The summed E-state index contributed by atoms with van der Waals surface area (Å²) in [5.74, 6) is 0. The van der Waals surface area contributed by atoms with Crippen molar-refractivity contribution in [3.8, 4) is 44.5 Å². The number of halogens is 1. The summed E-state index contributed by atoms with van der Waals surface area (Å²) >= 11 is 2.53. The van der Waals surface area contributed by atoms with Crippen LogP contribution in [-0.2, 0) is 21.7 Å². The van der Waals surface area contributed by atoms with E-state index in [1.165, 1.54) is 384 Å². The van der Waals surface area contributed by atoms with Gasteiger partial charge in [-0.05, 0) is 311 Å². The molecule has 0 N–H and O–H groups in total. The van der Waals surface area contributed by atoms with Crippen LogP contribution in [0.15, 0.2) is 285 Å². The van der Waals surface area contributed by atoms with Crippen LogP contribution in [0.1, 0.15) is 401 Å². The van der Waals surface area contributed by atoms with E-state index < -0.39 is 0 Å². The summed E-state index contributed by atoms with van der Waals surface area (Å²) in [4.78, 5) is 5.00. The minimum absolute atomic E-state index is 0.0673. The summed E-state index contributed by atoms with van der Waals surface area (Å²) in [7, 11) is 0. The molecule has 0 aliphatic heterocycles. The number of anilines is 6. The number of rotatable bonds is 54. The third-order valence-electron chi connectivity index (χ3n) is 32.7. The highest BCUT2D eigenvalue weighted by atomic mass is 127. The van der Waals surface area contributed by atoms with E-state index in [0.717, 1.165) is 0 Å². The summed E-state index contributed by atoms with van der Waals surface area (Å²) in [5, 5.41) is 0. The van der Waals surface area contributed by atoms with E-state index in [1.807, 2.05) is 0 Å². The molecule has 4 aliphatic rings. The first-order valence-electron chi connectivity index (χ1n) is 55.9. The van der Waals surface area contributed by atoms with E-state index in [9.17, 15) is 0 Å². The lowest BCUT2D eigenvalue weighted by Gasteiger charge is -2.35. The molecule has 0 bridgehead atoms. The molecule has 0 amide bonds. The van der Waals surface area contributed by atoms with Gasteiger partial charge in [0.05, 0.1) is 0 Å². The Morgan fingerprint density at radius 3 is 0.631 bits per heavy atom. The smallest absolute Gasteiger partial charge is 0.0465 e. The second-order valence-corrected chi connectivity index (χ2v) is 43.4. The Labute approximate surface area is 864 Å². The molecule has 13 aromatic rings. The summed E-state index contributed by atoms with van der Waals surface area (Å²) in [6.45, 7) is 19.0. The van der Waals surface area contributed by atoms with Crippen molar-refractivity contribution in [1.82, 2.24) is 0 Å². The number of benzene rings is 13. The van der Waals surface area contributed by atoms with Crippen molar-refractivity contribution in [3.05, 3.63) is 378 Å². The topological polar surface area (TPSA) is 6.48 Å². The predicted octanol–water partition coefficient (Wildman–Crippen LogP) is 42.7. The maximum Gasteiger partial charge on any atom is 0.0465 e. The number of nitrogens with zero attached hydrogens (tertiary/aromatic N) is 2. The van der Waals surface area contributed by atoms with E-state index in [1.54, 1.807) is 44.5 Å². The van der Waals surface area contributed by atoms with E-state index in [-0.39, 0.29) is 21.7 Å². The SMILES string of the molecule is CCCCCCC1(CCCCCC)c2cc(/C=C/c3ccc(/C=C/c4ccc(/C=C/c5ccc(/C=C/c6ccc7c(c6)C(CCCCCC)(CCCCCC)c6cc8c(cc6-7)C(CCCCCC)(CCCCCC)c6cc(N(c7ccccc7)c7ccccc7)ccc6-8)cc5)c(I)c4)cc3)ccc2-c2cc3c(cc21)-c1ccc(N(c2ccccc2)c2ccccc2)cc1C3(CCCCCC)CCCCCC. The van der Waals surface area contributed by atoms with Gasteiger partial charge in [-0.15, -0.1) is 0 Å². The molecule has 0 saturated heterocycles. The Morgan fingerprint density at radius 2 is 0.383 bits per heavy atom. The quantitative estimate of drug-likeness (QED) is 0.0213. The minimum Gasteiger partial charge on any atom is -0.310 e. The van der Waals surface area contributed by atoms with E-state index in [2.05, 4.69) is 422 Å². The number of hydrogen-bond acceptors (Lipinski definition) is 2. The molecule has 3 heteroatoms. The van der Waals surface area contributed by atoms with E-state index in [4.69, 9.17) is 0 Å². The molecule has 0 spiro atoms. The van der Waals surface area contributed by atoms with Gasteiger partial charge in [-0.3, -0.25) is 0 Å². The highest BCUT2D eigenvalue weighted by Crippen LogP contribution is 2.65. The molecule has 4 aliphatic carbocycles. The first-order valence-corrected chi connectivity index (χ1v) is 57.0. The van der Waals surface area contributed by atoms with Crippen molar-refractivity contribution in [1.29, 1.82) is 0 Å². The third-order valence-corrected chi connectivity index (χ3v) is 33.6. The molecule has 0 radical (unpaired) electrons. The summed E-state index contributed by atoms with van der Waals surface area (Å²) in [6.07, 6.45) is 68.4. The Kier molecular flexibility index (Phi) is 35.6. The van der Waals surface area contributed by atoms with Gasteiger partial charge in [0.2, 0.25) is 0 Å². The monoisotopic (exact) mass is 1970 g/mol. The number of unbranched alkanes of at least 4 members (excludes halogenated alkanes) is 24. The Hall–Kier alpha value is -10.9. The Balaban J connectivity index is 0.609. The highest BCUT2D eigenvalue weighted by Gasteiger charge is 2.51. The zero-order valence-electron chi connectivity index (χ0n) is 86.8. The van der Waals surface area contributed by atoms with Crippen molar-refractivity contribution < 1.29 is 0 Å². The second-order valence-electron chi connectivity index (χ2n) is 42.2. The van der Waals surface area contributed by atoms with E-state index in [0.29, 0.717) is 0 Å². The van der Waals surface area contributed by atoms with Crippen LogP contribution in [-0.4, -0.2) is 0 Å². The molecule has 0 heterocycles. The summed E-state index contributed by atoms with van der Waals surface area (Å²) < 4.78 is 1.24. The molecular formula is C138H159IN2. The first-order chi connectivity index (χ1) is 69.4. The number of para-hydroxylation sites is 4. The fourth-order valence-electron chi connectivity index (χ4n) is 25.1. The normalized spacial score (nSPS) is 14.1. The minimum atomic E-state index is -0.0879. The van der Waals surface area contributed by atoms with Gasteiger partial charge in [0.15, 0.2) is 0 Å². The van der Waals surface area contributed by atoms with Crippen LogP contribution in [0, 0.1) is 3.57 Å². The molecular weight excluding hydrogens is 1810 g/mol. The lowest BCUT2D eigenvalue weighted by Crippen LogP contribution is -2.27. The van der Waals surface area contributed by atoms with Gasteiger partial charge >= 0.3 is 0 Å². The van der Waals surface area contributed by atoms with Crippen molar-refractivity contribution in [3.63, 3.8) is 0 Å². The third kappa shape index (κ3) is 22.9. The Bertz CT molecular complexity index is 6230. The molecule has 13 aromatic carbocycles. The molecule has 0 fully saturated rings. The van der Waals surface area contributed by atoms with Crippen LogP contribution in [0.5, 0.6) is 0 Å². The first kappa shape index (κ1) is 102. The average molecular weight is 1970 g/mol. The number of fused-ring (bicyclic) bond motifs is 12. The van der Waals surface area contributed by atoms with Crippen molar-refractivity contribution in [2.75, 3.05) is 9.80 Å². The van der Waals surface area contributed by atoms with Gasteiger partial charge in [0, 0.05) is 59.4 Å². The summed E-state index contributed by atoms with van der Waals surface area (Å²) in [5.41, 5.74) is 41.4. The summed E-state index contributed by atoms with van der Waals surface area (Å²) in [6, 6.07) is 111. The van der Waals surface area contributed by atoms with Crippen LogP contribution in [0.3, 0.4) is 0 Å². The van der Waals surface area contributed by atoms with Crippen LogP contribution < -0.4 is 9.80 Å². The van der Waals surface area contributed by atoms with Crippen LogP contribution in [0.25, 0.3) is 93.1 Å². The largest absolute Gasteiger partial charge is 0.310 e. The van der Waals surface area contributed by atoms with Gasteiger partial charge in [-0.25, -0.2) is 0 Å². The molecule has 728 valence electrons. The maximum atomic E-state index is 2.81.